The lowest BCUT2D eigenvalue weighted by Gasteiger charge is -2.35. The van der Waals surface area contributed by atoms with Gasteiger partial charge >= 0.3 is 0 Å². The molecule has 3 aromatic carbocycles. The quantitative estimate of drug-likeness (QED) is 0.480. The summed E-state index contributed by atoms with van der Waals surface area (Å²) in [5.41, 5.74) is 7.38. The number of hydrogen-bond donors (Lipinski definition) is 0. The van der Waals surface area contributed by atoms with E-state index in [4.69, 9.17) is 11.6 Å². The molecule has 0 spiro atoms. The van der Waals surface area contributed by atoms with Crippen LogP contribution >= 0.6 is 11.6 Å². The molecule has 0 aliphatic heterocycles. The highest BCUT2D eigenvalue weighted by molar-refractivity contribution is 6.30. The van der Waals surface area contributed by atoms with Crippen molar-refractivity contribution in [2.75, 3.05) is 0 Å². The van der Waals surface area contributed by atoms with Gasteiger partial charge in [0, 0.05) is 5.02 Å². The number of halogens is 1. The van der Waals surface area contributed by atoms with E-state index in [2.05, 4.69) is 72.8 Å². The lowest BCUT2D eigenvalue weighted by atomic mass is 9.66. The Labute approximate surface area is 170 Å². The van der Waals surface area contributed by atoms with E-state index in [9.17, 15) is 5.26 Å². The van der Waals surface area contributed by atoms with E-state index in [-0.39, 0.29) is 0 Å². The molecular formula is C26H18ClN. The summed E-state index contributed by atoms with van der Waals surface area (Å²) in [5, 5.41) is 10.3. The second-order valence-corrected chi connectivity index (χ2v) is 7.75. The van der Waals surface area contributed by atoms with Crippen LogP contribution < -0.4 is 0 Å². The molecule has 134 valence electrons. The number of rotatable bonds is 2. The molecule has 28 heavy (non-hydrogen) atoms. The molecule has 0 saturated carbocycles. The van der Waals surface area contributed by atoms with Crippen molar-refractivity contribution in [3.05, 3.63) is 118 Å². The molecule has 0 aromatic heterocycles. The number of hydrogen-bond acceptors (Lipinski definition) is 1. The molecule has 1 atom stereocenters. The van der Waals surface area contributed by atoms with Crippen molar-refractivity contribution < 1.29 is 0 Å². The largest absolute Gasteiger partial charge is 0.192 e. The summed E-state index contributed by atoms with van der Waals surface area (Å²) >= 11 is 6.49. The number of fused-ring (bicyclic) bond motifs is 3. The summed E-state index contributed by atoms with van der Waals surface area (Å²) < 4.78 is 0. The third kappa shape index (κ3) is 2.32. The Morgan fingerprint density at radius 3 is 2.32 bits per heavy atom. The maximum absolute atomic E-state index is 9.58. The van der Waals surface area contributed by atoms with Crippen LogP contribution in [0.4, 0.5) is 0 Å². The Morgan fingerprint density at radius 1 is 0.857 bits per heavy atom. The second kappa shape index (κ2) is 6.51. The van der Waals surface area contributed by atoms with Crippen LogP contribution in [0.15, 0.2) is 90.5 Å². The number of benzene rings is 3. The fourth-order valence-electron chi connectivity index (χ4n) is 4.73. The standard InChI is InChI=1S/C26H18ClN/c27-21-12-14-23-22-13-11-18(17-28)15-24(22)26(25(23)16-21,19-7-3-1-4-8-19)20-9-5-2-6-10-20/h1,3-5,7-16H,2,6H2. The number of nitriles is 1. The highest BCUT2D eigenvalue weighted by Crippen LogP contribution is 2.57. The van der Waals surface area contributed by atoms with E-state index in [1.54, 1.807) is 0 Å². The summed E-state index contributed by atoms with van der Waals surface area (Å²) in [4.78, 5) is 0. The summed E-state index contributed by atoms with van der Waals surface area (Å²) in [7, 11) is 0. The van der Waals surface area contributed by atoms with Crippen molar-refractivity contribution in [3.63, 3.8) is 0 Å². The smallest absolute Gasteiger partial charge is 0.0991 e. The zero-order valence-corrected chi connectivity index (χ0v) is 16.1. The molecule has 0 saturated heterocycles. The third-order valence-electron chi connectivity index (χ3n) is 5.86. The normalized spacial score (nSPS) is 19.5. The number of nitrogens with zero attached hydrogens (tertiary/aromatic N) is 1. The van der Waals surface area contributed by atoms with Crippen molar-refractivity contribution >= 4 is 11.6 Å². The van der Waals surface area contributed by atoms with Gasteiger partial charge in [-0.05, 0) is 70.5 Å². The molecule has 1 unspecified atom stereocenters. The molecule has 2 heteroatoms. The van der Waals surface area contributed by atoms with Crippen LogP contribution in [0.2, 0.25) is 5.02 Å². The predicted octanol–water partition coefficient (Wildman–Crippen LogP) is 6.80. The number of allylic oxidation sites excluding steroid dienone is 4. The predicted molar refractivity (Wildman–Crippen MR) is 114 cm³/mol. The Morgan fingerprint density at radius 2 is 1.61 bits per heavy atom. The van der Waals surface area contributed by atoms with Gasteiger partial charge in [-0.15, -0.1) is 0 Å². The van der Waals surface area contributed by atoms with E-state index in [1.807, 2.05) is 18.2 Å². The molecule has 0 N–H and O–H groups in total. The van der Waals surface area contributed by atoms with Crippen molar-refractivity contribution in [1.82, 2.24) is 0 Å². The van der Waals surface area contributed by atoms with Crippen LogP contribution in [0.1, 0.15) is 35.1 Å². The Bertz CT molecular complexity index is 1180. The second-order valence-electron chi connectivity index (χ2n) is 7.32. The van der Waals surface area contributed by atoms with E-state index in [0.717, 1.165) is 23.4 Å². The summed E-state index contributed by atoms with van der Waals surface area (Å²) in [6.07, 6.45) is 8.91. The van der Waals surface area contributed by atoms with Gasteiger partial charge in [0.05, 0.1) is 17.0 Å². The molecule has 1 nitrogen and oxygen atoms in total. The first-order valence-corrected chi connectivity index (χ1v) is 9.90. The lowest BCUT2D eigenvalue weighted by Crippen LogP contribution is -2.29. The van der Waals surface area contributed by atoms with Gasteiger partial charge in [0.25, 0.3) is 0 Å². The fraction of sp³-hybridized carbons (Fsp3) is 0.115. The maximum Gasteiger partial charge on any atom is 0.0991 e. The van der Waals surface area contributed by atoms with Crippen molar-refractivity contribution in [2.45, 2.75) is 18.3 Å². The zero-order chi connectivity index (χ0) is 19.1. The lowest BCUT2D eigenvalue weighted by molar-refractivity contribution is 0.751. The van der Waals surface area contributed by atoms with Crippen molar-refractivity contribution in [3.8, 4) is 17.2 Å². The van der Waals surface area contributed by atoms with E-state index in [0.29, 0.717) is 5.56 Å². The van der Waals surface area contributed by atoms with Crippen LogP contribution in [-0.2, 0) is 5.41 Å². The summed E-state index contributed by atoms with van der Waals surface area (Å²) in [6, 6.07) is 25.1. The van der Waals surface area contributed by atoms with Crippen LogP contribution in [-0.4, -0.2) is 0 Å². The van der Waals surface area contributed by atoms with Crippen LogP contribution in [0, 0.1) is 11.3 Å². The van der Waals surface area contributed by atoms with Gasteiger partial charge in [0.15, 0.2) is 0 Å². The van der Waals surface area contributed by atoms with Gasteiger partial charge in [-0.2, -0.15) is 5.26 Å². The molecule has 2 aliphatic rings. The molecule has 2 aliphatic carbocycles. The van der Waals surface area contributed by atoms with Gasteiger partial charge in [-0.1, -0.05) is 72.3 Å². The summed E-state index contributed by atoms with van der Waals surface area (Å²) in [6.45, 7) is 0. The molecule has 0 heterocycles. The minimum atomic E-state index is -0.458. The van der Waals surface area contributed by atoms with Crippen LogP contribution in [0.5, 0.6) is 0 Å². The van der Waals surface area contributed by atoms with Gasteiger partial charge in [0.1, 0.15) is 0 Å². The van der Waals surface area contributed by atoms with Crippen LogP contribution in [0.25, 0.3) is 11.1 Å². The highest BCUT2D eigenvalue weighted by atomic mass is 35.5. The van der Waals surface area contributed by atoms with Gasteiger partial charge in [-0.3, -0.25) is 0 Å². The van der Waals surface area contributed by atoms with E-state index < -0.39 is 5.41 Å². The molecule has 0 radical (unpaired) electrons. The Kier molecular flexibility index (Phi) is 3.97. The first kappa shape index (κ1) is 17.0. The van der Waals surface area contributed by atoms with Gasteiger partial charge in [-0.25, -0.2) is 0 Å². The maximum atomic E-state index is 9.58. The zero-order valence-electron chi connectivity index (χ0n) is 15.3. The molecule has 5 rings (SSSR count). The monoisotopic (exact) mass is 379 g/mol. The molecular weight excluding hydrogens is 362 g/mol. The summed E-state index contributed by atoms with van der Waals surface area (Å²) in [5.74, 6) is 0. The third-order valence-corrected chi connectivity index (χ3v) is 6.10. The molecule has 0 fully saturated rings. The highest BCUT2D eigenvalue weighted by Gasteiger charge is 2.47. The minimum Gasteiger partial charge on any atom is -0.192 e. The SMILES string of the molecule is N#Cc1ccc2c(c1)C(C1=CCCC=C1)(c1ccccc1)c1cc(Cl)ccc1-2. The molecule has 0 amide bonds. The van der Waals surface area contributed by atoms with Crippen LogP contribution in [0.3, 0.4) is 0 Å². The molecule has 3 aromatic rings. The molecule has 0 bridgehead atoms. The minimum absolute atomic E-state index is 0.458. The first-order valence-electron chi connectivity index (χ1n) is 9.53. The fourth-order valence-corrected chi connectivity index (χ4v) is 4.91. The van der Waals surface area contributed by atoms with Crippen molar-refractivity contribution in [2.24, 2.45) is 0 Å². The van der Waals surface area contributed by atoms with Gasteiger partial charge in [0.2, 0.25) is 0 Å². The Hall–Kier alpha value is -3.08. The van der Waals surface area contributed by atoms with Gasteiger partial charge < -0.3 is 0 Å². The first-order chi connectivity index (χ1) is 13.7. The average molecular weight is 380 g/mol. The van der Waals surface area contributed by atoms with E-state index in [1.165, 1.54) is 27.8 Å². The van der Waals surface area contributed by atoms with E-state index >= 15 is 0 Å². The van der Waals surface area contributed by atoms with Crippen molar-refractivity contribution in [1.29, 1.82) is 5.26 Å². The average Bonchev–Trinajstić information content (AvgIpc) is 3.04. The topological polar surface area (TPSA) is 23.8 Å². The Balaban J connectivity index is 1.96.